The van der Waals surface area contributed by atoms with Crippen LogP contribution >= 0.6 is 11.3 Å². The highest BCUT2D eigenvalue weighted by Crippen LogP contribution is 2.14. The van der Waals surface area contributed by atoms with E-state index < -0.39 is 0 Å². The third-order valence-corrected chi connectivity index (χ3v) is 4.66. The summed E-state index contributed by atoms with van der Waals surface area (Å²) in [7, 11) is 1.77. The molecule has 0 spiro atoms. The summed E-state index contributed by atoms with van der Waals surface area (Å²) in [6.07, 6.45) is 7.71. The molecule has 0 aliphatic rings. The van der Waals surface area contributed by atoms with Gasteiger partial charge in [-0.3, -0.25) is 0 Å². The summed E-state index contributed by atoms with van der Waals surface area (Å²) >= 11 is 1.60. The Balaban J connectivity index is 1.68. The van der Waals surface area contributed by atoms with E-state index in [0.29, 0.717) is 18.1 Å². The number of oxime groups is 1. The van der Waals surface area contributed by atoms with E-state index in [0.717, 1.165) is 22.7 Å². The van der Waals surface area contributed by atoms with Gasteiger partial charge in [-0.05, 0) is 22.9 Å². The molecule has 0 fully saturated rings. The minimum atomic E-state index is 0.293. The molecule has 0 aliphatic heterocycles. The zero-order chi connectivity index (χ0) is 18.9. The fourth-order valence-electron chi connectivity index (χ4n) is 2.38. The van der Waals surface area contributed by atoms with Gasteiger partial charge >= 0.3 is 0 Å². The molecule has 27 heavy (non-hydrogen) atoms. The average molecular weight is 382 g/mol. The number of hydrogen-bond acceptors (Lipinski definition) is 7. The molecule has 1 aromatic carbocycles. The van der Waals surface area contributed by atoms with Crippen LogP contribution in [0.2, 0.25) is 0 Å². The van der Waals surface area contributed by atoms with Gasteiger partial charge in [0.2, 0.25) is 5.82 Å². The summed E-state index contributed by atoms with van der Waals surface area (Å²) in [6.45, 7) is 2.48. The van der Waals surface area contributed by atoms with Crippen LogP contribution in [0.5, 0.6) is 0 Å². The first-order valence-electron chi connectivity index (χ1n) is 8.87. The molecule has 3 aromatic rings. The maximum Gasteiger partial charge on any atom is 0.204 e. The van der Waals surface area contributed by atoms with Crippen molar-refractivity contribution in [1.29, 1.82) is 0 Å². The van der Waals surface area contributed by atoms with E-state index in [1.165, 1.54) is 12.8 Å². The Kier molecular flexibility index (Phi) is 6.81. The molecular formula is C19H22N6OS. The summed E-state index contributed by atoms with van der Waals surface area (Å²) in [5.74, 6) is 0.541. The smallest absolute Gasteiger partial charge is 0.204 e. The number of unbranched alkanes of at least 4 members (excludes halogenated alkanes) is 2. The average Bonchev–Trinajstić information content (AvgIpc) is 3.32. The first-order chi connectivity index (χ1) is 13.3. The van der Waals surface area contributed by atoms with Gasteiger partial charge in [-0.1, -0.05) is 61.3 Å². The summed E-state index contributed by atoms with van der Waals surface area (Å²) in [5, 5.41) is 18.9. The summed E-state index contributed by atoms with van der Waals surface area (Å²) < 4.78 is 1.57. The summed E-state index contributed by atoms with van der Waals surface area (Å²) in [6, 6.07) is 9.71. The predicted molar refractivity (Wildman–Crippen MR) is 106 cm³/mol. The molecule has 8 heteroatoms. The fourth-order valence-corrected chi connectivity index (χ4v) is 3.11. The lowest BCUT2D eigenvalue weighted by atomic mass is 10.1. The molecule has 0 radical (unpaired) electrons. The minimum absolute atomic E-state index is 0.293. The van der Waals surface area contributed by atoms with Gasteiger partial charge in [-0.15, -0.1) is 16.4 Å². The predicted octanol–water partition coefficient (Wildman–Crippen LogP) is 3.84. The van der Waals surface area contributed by atoms with E-state index >= 15 is 0 Å². The van der Waals surface area contributed by atoms with Gasteiger partial charge < -0.3 is 4.84 Å². The molecule has 2 aromatic heterocycles. The van der Waals surface area contributed by atoms with Crippen molar-refractivity contribution in [2.24, 2.45) is 12.2 Å². The Bertz CT molecular complexity index is 900. The van der Waals surface area contributed by atoms with Gasteiger partial charge in [-0.25, -0.2) is 9.67 Å². The molecule has 0 atom stereocenters. The highest BCUT2D eigenvalue weighted by molar-refractivity contribution is 7.10. The fraction of sp³-hybridized carbons (Fsp3) is 0.316. The number of aromatic nitrogens is 5. The SMILES string of the molecule is CCCC/C=C/c1nc(CON=C(c2ccccc2)c2nnnn2C)cs1. The Morgan fingerprint density at radius 2 is 2.15 bits per heavy atom. The molecule has 0 N–H and O–H groups in total. The van der Waals surface area contributed by atoms with Gasteiger partial charge in [0.25, 0.3) is 0 Å². The lowest BCUT2D eigenvalue weighted by molar-refractivity contribution is 0.128. The topological polar surface area (TPSA) is 78.1 Å². The van der Waals surface area contributed by atoms with Crippen LogP contribution in [0.4, 0.5) is 0 Å². The molecule has 0 unspecified atom stereocenters. The van der Waals surface area contributed by atoms with Crippen LogP contribution < -0.4 is 0 Å². The second-order valence-corrected chi connectivity index (χ2v) is 6.82. The van der Waals surface area contributed by atoms with Gasteiger partial charge in [0.15, 0.2) is 12.3 Å². The molecule has 0 saturated carbocycles. The Morgan fingerprint density at radius 1 is 1.30 bits per heavy atom. The third-order valence-electron chi connectivity index (χ3n) is 3.80. The number of benzene rings is 1. The molecule has 0 bridgehead atoms. The van der Waals surface area contributed by atoms with Crippen LogP contribution in [-0.2, 0) is 18.5 Å². The maximum absolute atomic E-state index is 5.57. The molecule has 0 amide bonds. The van der Waals surface area contributed by atoms with E-state index in [1.807, 2.05) is 35.7 Å². The zero-order valence-corrected chi connectivity index (χ0v) is 16.3. The molecule has 7 nitrogen and oxygen atoms in total. The third kappa shape index (κ3) is 5.30. The van der Waals surface area contributed by atoms with Crippen LogP contribution in [0.15, 0.2) is 46.9 Å². The van der Waals surface area contributed by atoms with E-state index in [9.17, 15) is 0 Å². The van der Waals surface area contributed by atoms with Crippen LogP contribution in [0, 0.1) is 0 Å². The number of rotatable bonds is 9. The molecule has 3 rings (SSSR count). The van der Waals surface area contributed by atoms with Gasteiger partial charge in [0, 0.05) is 18.0 Å². The van der Waals surface area contributed by atoms with Crippen molar-refractivity contribution in [2.75, 3.05) is 0 Å². The second-order valence-electron chi connectivity index (χ2n) is 5.93. The van der Waals surface area contributed by atoms with Crippen molar-refractivity contribution in [3.05, 3.63) is 63.9 Å². The monoisotopic (exact) mass is 382 g/mol. The van der Waals surface area contributed by atoms with Crippen molar-refractivity contribution in [3.8, 4) is 0 Å². The zero-order valence-electron chi connectivity index (χ0n) is 15.4. The second kappa shape index (κ2) is 9.72. The van der Waals surface area contributed by atoms with Crippen LogP contribution in [0.25, 0.3) is 6.08 Å². The molecular weight excluding hydrogens is 360 g/mol. The lowest BCUT2D eigenvalue weighted by Crippen LogP contribution is -2.12. The number of hydrogen-bond donors (Lipinski definition) is 0. The Labute approximate surface area is 162 Å². The molecule has 140 valence electrons. The van der Waals surface area contributed by atoms with E-state index in [4.69, 9.17) is 4.84 Å². The van der Waals surface area contributed by atoms with Gasteiger partial charge in [-0.2, -0.15) is 0 Å². The lowest BCUT2D eigenvalue weighted by Gasteiger charge is -2.05. The van der Waals surface area contributed by atoms with Crippen molar-refractivity contribution in [2.45, 2.75) is 32.8 Å². The van der Waals surface area contributed by atoms with E-state index in [2.05, 4.69) is 44.7 Å². The number of tetrazole rings is 1. The van der Waals surface area contributed by atoms with Crippen molar-refractivity contribution < 1.29 is 4.84 Å². The standard InChI is InChI=1S/C19H22N6OS/c1-3-4-5-9-12-17-20-16(14-27-17)13-26-22-18(15-10-7-6-8-11-15)19-21-23-24-25(19)2/h6-12,14H,3-5,13H2,1-2H3/b12-9+,22-18?. The van der Waals surface area contributed by atoms with Gasteiger partial charge in [0.1, 0.15) is 5.01 Å². The Hall–Kier alpha value is -2.87. The van der Waals surface area contributed by atoms with Gasteiger partial charge in [0.05, 0.1) is 5.69 Å². The first kappa shape index (κ1) is 18.9. The van der Waals surface area contributed by atoms with E-state index in [-0.39, 0.29) is 0 Å². The largest absolute Gasteiger partial charge is 0.389 e. The molecule has 0 aliphatic carbocycles. The summed E-state index contributed by atoms with van der Waals surface area (Å²) in [4.78, 5) is 10.1. The maximum atomic E-state index is 5.57. The number of thiazole rings is 1. The van der Waals surface area contributed by atoms with E-state index in [1.54, 1.807) is 23.1 Å². The van der Waals surface area contributed by atoms with Crippen molar-refractivity contribution >= 4 is 23.1 Å². The minimum Gasteiger partial charge on any atom is -0.389 e. The van der Waals surface area contributed by atoms with Crippen LogP contribution in [-0.4, -0.2) is 30.9 Å². The highest BCUT2D eigenvalue weighted by Gasteiger charge is 2.14. The quantitative estimate of drug-likeness (QED) is 0.319. The Morgan fingerprint density at radius 3 is 2.89 bits per heavy atom. The van der Waals surface area contributed by atoms with Crippen LogP contribution in [0.3, 0.4) is 0 Å². The van der Waals surface area contributed by atoms with Crippen molar-refractivity contribution in [3.63, 3.8) is 0 Å². The summed E-state index contributed by atoms with van der Waals surface area (Å²) in [5.41, 5.74) is 2.31. The van der Waals surface area contributed by atoms with Crippen LogP contribution in [0.1, 0.15) is 48.3 Å². The van der Waals surface area contributed by atoms with Crippen molar-refractivity contribution in [1.82, 2.24) is 25.2 Å². The first-order valence-corrected chi connectivity index (χ1v) is 9.75. The molecule has 2 heterocycles. The highest BCUT2D eigenvalue weighted by atomic mass is 32.1. The normalized spacial score (nSPS) is 12.0. The number of aryl methyl sites for hydroxylation is 1. The number of allylic oxidation sites excluding steroid dienone is 1. The number of nitrogens with zero attached hydrogens (tertiary/aromatic N) is 6. The molecule has 0 saturated heterocycles.